The lowest BCUT2D eigenvalue weighted by atomic mass is 9.95. The van der Waals surface area contributed by atoms with E-state index < -0.39 is 0 Å². The number of hydrogen-bond acceptors (Lipinski definition) is 6. The quantitative estimate of drug-likeness (QED) is 0.441. The minimum absolute atomic E-state index is 0.0285. The number of fused-ring (bicyclic) bond motifs is 1. The van der Waals surface area contributed by atoms with Crippen LogP contribution in [0, 0.1) is 5.92 Å². The topological polar surface area (TPSA) is 79.9 Å². The van der Waals surface area contributed by atoms with Gasteiger partial charge in [-0.2, -0.15) is 5.10 Å². The molecule has 1 N–H and O–H groups in total. The van der Waals surface area contributed by atoms with Crippen LogP contribution >= 0.6 is 0 Å². The van der Waals surface area contributed by atoms with E-state index in [1.54, 1.807) is 7.11 Å². The maximum absolute atomic E-state index is 13.7. The van der Waals surface area contributed by atoms with E-state index in [9.17, 15) is 4.79 Å². The number of carbonyl (C=O) groups excluding carboxylic acids is 1. The first kappa shape index (κ1) is 25.3. The van der Waals surface area contributed by atoms with Crippen LogP contribution in [-0.2, 0) is 4.74 Å². The third-order valence-corrected chi connectivity index (χ3v) is 7.13. The van der Waals surface area contributed by atoms with Crippen molar-refractivity contribution in [3.63, 3.8) is 0 Å². The van der Waals surface area contributed by atoms with Crippen molar-refractivity contribution in [2.24, 2.45) is 5.92 Å². The molecule has 1 fully saturated rings. The molecule has 3 aromatic rings. The molecule has 3 heterocycles. The molecule has 0 aliphatic carbocycles. The summed E-state index contributed by atoms with van der Waals surface area (Å²) in [6, 6.07) is 15.7. The number of hydrogen-bond donors (Lipinski definition) is 1. The van der Waals surface area contributed by atoms with Gasteiger partial charge in [-0.15, -0.1) is 0 Å². The lowest BCUT2D eigenvalue weighted by Gasteiger charge is -2.31. The maximum Gasteiger partial charge on any atom is 0.273 e. The van der Waals surface area contributed by atoms with E-state index in [2.05, 4.69) is 28.9 Å². The van der Waals surface area contributed by atoms with Crippen molar-refractivity contribution in [3.8, 4) is 22.8 Å². The minimum atomic E-state index is -0.281. The van der Waals surface area contributed by atoms with E-state index in [1.165, 1.54) is 0 Å². The Labute approximate surface area is 218 Å². The molecule has 0 bridgehead atoms. The highest BCUT2D eigenvalue weighted by molar-refractivity contribution is 6.00. The summed E-state index contributed by atoms with van der Waals surface area (Å²) < 4.78 is 17.3. The third kappa shape index (κ3) is 5.36. The van der Waals surface area contributed by atoms with Gasteiger partial charge in [-0.3, -0.25) is 14.8 Å². The van der Waals surface area contributed by atoms with Crippen LogP contribution < -0.4 is 9.47 Å². The van der Waals surface area contributed by atoms with Crippen molar-refractivity contribution >= 4 is 5.91 Å². The zero-order chi connectivity index (χ0) is 25.8. The first-order valence-electron chi connectivity index (χ1n) is 13.1. The lowest BCUT2D eigenvalue weighted by molar-refractivity contribution is 0.0316. The number of carbonyl (C=O) groups is 1. The Hall–Kier alpha value is -3.36. The number of aromatic amines is 1. The highest BCUT2D eigenvalue weighted by Gasteiger charge is 2.42. The fourth-order valence-electron chi connectivity index (χ4n) is 5.04. The highest BCUT2D eigenvalue weighted by Crippen LogP contribution is 2.44. The van der Waals surface area contributed by atoms with E-state index in [0.717, 1.165) is 61.7 Å². The molecule has 1 unspecified atom stereocenters. The zero-order valence-electron chi connectivity index (χ0n) is 21.9. The molecule has 1 saturated heterocycles. The molecular formula is C29H36N4O4. The average Bonchev–Trinajstić information content (AvgIpc) is 3.47. The van der Waals surface area contributed by atoms with Crippen LogP contribution in [0.25, 0.3) is 11.3 Å². The molecular weight excluding hydrogens is 468 g/mol. The van der Waals surface area contributed by atoms with Crippen molar-refractivity contribution in [2.75, 3.05) is 53.1 Å². The van der Waals surface area contributed by atoms with E-state index in [1.807, 2.05) is 53.4 Å². The van der Waals surface area contributed by atoms with Crippen molar-refractivity contribution < 1.29 is 19.0 Å². The van der Waals surface area contributed by atoms with Gasteiger partial charge < -0.3 is 19.1 Å². The van der Waals surface area contributed by atoms with Gasteiger partial charge in [0.05, 0.1) is 38.7 Å². The maximum atomic E-state index is 13.7. The first-order valence-corrected chi connectivity index (χ1v) is 13.1. The van der Waals surface area contributed by atoms with E-state index in [0.29, 0.717) is 36.3 Å². The average molecular weight is 505 g/mol. The largest absolute Gasteiger partial charge is 0.493 e. The monoisotopic (exact) mass is 504 g/mol. The number of H-pyrrole nitrogens is 1. The lowest BCUT2D eigenvalue weighted by Crippen LogP contribution is -2.42. The number of benzene rings is 2. The summed E-state index contributed by atoms with van der Waals surface area (Å²) in [4.78, 5) is 18.0. The van der Waals surface area contributed by atoms with Crippen molar-refractivity contribution in [3.05, 3.63) is 65.4 Å². The van der Waals surface area contributed by atoms with Crippen LogP contribution in [0.2, 0.25) is 0 Å². The van der Waals surface area contributed by atoms with Crippen LogP contribution in [0.4, 0.5) is 0 Å². The molecule has 1 aromatic heterocycles. The Morgan fingerprint density at radius 2 is 1.86 bits per heavy atom. The van der Waals surface area contributed by atoms with Crippen LogP contribution in [-0.4, -0.2) is 79.0 Å². The van der Waals surface area contributed by atoms with Gasteiger partial charge in [-0.25, -0.2) is 0 Å². The van der Waals surface area contributed by atoms with Crippen molar-refractivity contribution in [1.82, 2.24) is 20.0 Å². The Morgan fingerprint density at radius 1 is 1.08 bits per heavy atom. The number of ether oxygens (including phenoxy) is 3. The summed E-state index contributed by atoms with van der Waals surface area (Å²) in [5.74, 6) is 1.91. The number of aromatic nitrogens is 2. The van der Waals surface area contributed by atoms with E-state index >= 15 is 0 Å². The second-order valence-corrected chi connectivity index (χ2v) is 10.0. The Morgan fingerprint density at radius 3 is 2.59 bits per heavy atom. The molecule has 2 aliphatic rings. The fraction of sp³-hybridized carbons (Fsp3) is 0.448. The SMILES string of the molecule is COc1cc(C2c3c(-c4ccccc4)n[nH]c3C(=O)N2CCN2CCOCC2)ccc1OCCC(C)C. The van der Waals surface area contributed by atoms with Crippen molar-refractivity contribution in [2.45, 2.75) is 26.3 Å². The van der Waals surface area contributed by atoms with Gasteiger partial charge in [-0.1, -0.05) is 50.2 Å². The third-order valence-electron chi connectivity index (χ3n) is 7.13. The first-order chi connectivity index (χ1) is 18.1. The smallest absolute Gasteiger partial charge is 0.273 e. The van der Waals surface area contributed by atoms with Gasteiger partial charge in [-0.05, 0) is 30.0 Å². The van der Waals surface area contributed by atoms with Gasteiger partial charge in [0, 0.05) is 37.3 Å². The summed E-state index contributed by atoms with van der Waals surface area (Å²) >= 11 is 0. The molecule has 1 atom stereocenters. The molecule has 0 radical (unpaired) electrons. The molecule has 8 nitrogen and oxygen atoms in total. The number of amides is 1. The zero-order valence-corrected chi connectivity index (χ0v) is 21.9. The predicted molar refractivity (Wildman–Crippen MR) is 142 cm³/mol. The molecule has 0 spiro atoms. The van der Waals surface area contributed by atoms with Gasteiger partial charge in [0.2, 0.25) is 0 Å². The Bertz CT molecular complexity index is 1200. The van der Waals surface area contributed by atoms with Gasteiger partial charge >= 0.3 is 0 Å². The van der Waals surface area contributed by atoms with E-state index in [-0.39, 0.29) is 11.9 Å². The molecule has 1 amide bonds. The normalized spacial score (nSPS) is 17.9. The molecule has 2 aromatic carbocycles. The van der Waals surface area contributed by atoms with Crippen LogP contribution in [0.15, 0.2) is 48.5 Å². The fourth-order valence-corrected chi connectivity index (χ4v) is 5.04. The number of morpholine rings is 1. The van der Waals surface area contributed by atoms with Crippen LogP contribution in [0.5, 0.6) is 11.5 Å². The summed E-state index contributed by atoms with van der Waals surface area (Å²) in [6.07, 6.45) is 0.968. The highest BCUT2D eigenvalue weighted by atomic mass is 16.5. The summed E-state index contributed by atoms with van der Waals surface area (Å²) in [7, 11) is 1.66. The molecule has 5 rings (SSSR count). The second kappa shape index (κ2) is 11.4. The summed E-state index contributed by atoms with van der Waals surface area (Å²) in [5.41, 5.74) is 4.23. The van der Waals surface area contributed by atoms with Gasteiger partial charge in [0.25, 0.3) is 5.91 Å². The van der Waals surface area contributed by atoms with Crippen LogP contribution in [0.3, 0.4) is 0 Å². The van der Waals surface area contributed by atoms with Crippen LogP contribution in [0.1, 0.15) is 47.9 Å². The molecule has 8 heteroatoms. The molecule has 0 saturated carbocycles. The van der Waals surface area contributed by atoms with Gasteiger partial charge in [0.1, 0.15) is 5.69 Å². The molecule has 196 valence electrons. The van der Waals surface area contributed by atoms with Gasteiger partial charge in [0.15, 0.2) is 11.5 Å². The molecule has 2 aliphatic heterocycles. The molecule has 37 heavy (non-hydrogen) atoms. The number of nitrogens with one attached hydrogen (secondary N) is 1. The predicted octanol–water partition coefficient (Wildman–Crippen LogP) is 4.39. The second-order valence-electron chi connectivity index (χ2n) is 10.0. The standard InChI is InChI=1S/C29H36N4O4/c1-20(2)11-16-37-23-10-9-22(19-24(23)35-3)28-25-26(21-7-5-4-6-8-21)30-31-27(25)29(34)33(28)13-12-32-14-17-36-18-15-32/h4-10,19-20,28H,11-18H2,1-3H3,(H,30,31). The minimum Gasteiger partial charge on any atom is -0.493 e. The summed E-state index contributed by atoms with van der Waals surface area (Å²) in [6.45, 7) is 9.61. The number of nitrogens with zero attached hydrogens (tertiary/aromatic N) is 3. The Kier molecular flexibility index (Phi) is 7.76. The summed E-state index contributed by atoms with van der Waals surface area (Å²) in [5, 5.41) is 7.63. The van der Waals surface area contributed by atoms with Crippen molar-refractivity contribution in [1.29, 1.82) is 0 Å². The Balaban J connectivity index is 1.50. The van der Waals surface area contributed by atoms with E-state index in [4.69, 9.17) is 14.2 Å². The number of rotatable bonds is 10. The number of methoxy groups -OCH3 is 1.